The Labute approximate surface area is 184 Å². The fourth-order valence-electron chi connectivity index (χ4n) is 5.15. The van der Waals surface area contributed by atoms with E-state index in [0.29, 0.717) is 24.4 Å². The molecule has 4 heterocycles. The quantitative estimate of drug-likeness (QED) is 0.688. The minimum Gasteiger partial charge on any atom is -0.333 e. The van der Waals surface area contributed by atoms with E-state index in [1.165, 1.54) is 4.57 Å². The number of benzene rings is 1. The lowest BCUT2D eigenvalue weighted by molar-refractivity contribution is -0.134. The molecule has 0 bridgehead atoms. The normalized spacial score (nSPS) is 21.6. The number of nitrogens with zero attached hydrogens (tertiary/aromatic N) is 4. The van der Waals surface area contributed by atoms with Crippen molar-refractivity contribution >= 4 is 17.5 Å². The van der Waals surface area contributed by atoms with Crippen molar-refractivity contribution in [2.45, 2.75) is 38.3 Å². The number of carbonyl (C=O) groups excluding carboxylic acids is 2. The van der Waals surface area contributed by atoms with Gasteiger partial charge in [0, 0.05) is 36.0 Å². The van der Waals surface area contributed by atoms with Crippen molar-refractivity contribution in [1.82, 2.24) is 19.4 Å². The molecule has 2 aliphatic heterocycles. The maximum atomic E-state index is 13.5. The Kier molecular flexibility index (Phi) is 4.65. The van der Waals surface area contributed by atoms with E-state index in [9.17, 15) is 14.4 Å². The number of rotatable bonds is 3. The summed E-state index contributed by atoms with van der Waals surface area (Å²) >= 11 is 0. The molecular weight excluding hydrogens is 406 g/mol. The second kappa shape index (κ2) is 7.40. The van der Waals surface area contributed by atoms with Crippen LogP contribution in [0.3, 0.4) is 0 Å². The molecule has 162 valence electrons. The van der Waals surface area contributed by atoms with Crippen molar-refractivity contribution in [2.24, 2.45) is 0 Å². The summed E-state index contributed by atoms with van der Waals surface area (Å²) < 4.78 is 1.38. The van der Waals surface area contributed by atoms with Crippen LogP contribution in [0.15, 0.2) is 59.7 Å². The molecule has 3 aromatic rings. The van der Waals surface area contributed by atoms with E-state index in [4.69, 9.17) is 0 Å². The standard InChI is InChI=1S/C24H23N5O3/c1-15-12-16(2)29(23(32)26-15)14-20(30)28-11-9-24(21(28)17-6-5-10-25-13-17)18-7-3-4-8-19(18)27-22(24)31/h3-8,10,12-13,21H,9,11,14H2,1-2H3,(H,27,31). The van der Waals surface area contributed by atoms with Gasteiger partial charge in [0.1, 0.15) is 12.0 Å². The average molecular weight is 429 g/mol. The lowest BCUT2D eigenvalue weighted by Gasteiger charge is -2.34. The molecule has 8 nitrogen and oxygen atoms in total. The molecule has 2 atom stereocenters. The van der Waals surface area contributed by atoms with Gasteiger partial charge in [0.25, 0.3) is 0 Å². The van der Waals surface area contributed by atoms with Crippen LogP contribution >= 0.6 is 0 Å². The van der Waals surface area contributed by atoms with Crippen LogP contribution < -0.4 is 11.0 Å². The van der Waals surface area contributed by atoms with Crippen molar-refractivity contribution in [2.75, 3.05) is 11.9 Å². The summed E-state index contributed by atoms with van der Waals surface area (Å²) in [6, 6.07) is 12.6. The molecule has 2 unspecified atom stereocenters. The Hall–Kier alpha value is -3.81. The number of hydrogen-bond donors (Lipinski definition) is 1. The topological polar surface area (TPSA) is 97.2 Å². The first-order chi connectivity index (χ1) is 15.4. The molecule has 0 radical (unpaired) electrons. The maximum Gasteiger partial charge on any atom is 0.348 e. The Morgan fingerprint density at radius 3 is 2.75 bits per heavy atom. The van der Waals surface area contributed by atoms with Gasteiger partial charge in [-0.25, -0.2) is 4.79 Å². The molecule has 2 aromatic heterocycles. The number of anilines is 1. The van der Waals surface area contributed by atoms with E-state index in [2.05, 4.69) is 15.3 Å². The SMILES string of the molecule is Cc1cc(C)n(CC(=O)N2CCC3(C(=O)Nc4ccccc43)C2c2cccnc2)c(=O)n1. The van der Waals surface area contributed by atoms with Gasteiger partial charge in [-0.3, -0.25) is 19.1 Å². The van der Waals surface area contributed by atoms with E-state index in [1.807, 2.05) is 30.3 Å². The summed E-state index contributed by atoms with van der Waals surface area (Å²) in [5.41, 5.74) is 2.38. The van der Waals surface area contributed by atoms with E-state index in [-0.39, 0.29) is 18.4 Å². The Morgan fingerprint density at radius 1 is 1.19 bits per heavy atom. The van der Waals surface area contributed by atoms with Crippen LogP contribution in [0.5, 0.6) is 0 Å². The minimum absolute atomic E-state index is 0.117. The summed E-state index contributed by atoms with van der Waals surface area (Å²) in [6.07, 6.45) is 3.86. The molecule has 2 amide bonds. The number of likely N-dealkylation sites (tertiary alicyclic amines) is 1. The Morgan fingerprint density at radius 2 is 2.00 bits per heavy atom. The van der Waals surface area contributed by atoms with E-state index in [1.54, 1.807) is 43.3 Å². The zero-order valence-corrected chi connectivity index (χ0v) is 17.9. The van der Waals surface area contributed by atoms with Crippen LogP contribution in [-0.2, 0) is 21.5 Å². The van der Waals surface area contributed by atoms with Crippen molar-refractivity contribution in [3.05, 3.63) is 87.9 Å². The van der Waals surface area contributed by atoms with Crippen LogP contribution in [0.2, 0.25) is 0 Å². The highest BCUT2D eigenvalue weighted by Gasteiger charge is 2.59. The highest BCUT2D eigenvalue weighted by atomic mass is 16.2. The van der Waals surface area contributed by atoms with E-state index >= 15 is 0 Å². The zero-order chi connectivity index (χ0) is 22.5. The Bertz CT molecular complexity index is 1290. The van der Waals surface area contributed by atoms with Gasteiger partial charge < -0.3 is 10.2 Å². The molecular formula is C24H23N5O3. The zero-order valence-electron chi connectivity index (χ0n) is 17.9. The second-order valence-electron chi connectivity index (χ2n) is 8.40. The number of pyridine rings is 1. The monoisotopic (exact) mass is 429 g/mol. The predicted molar refractivity (Wildman–Crippen MR) is 118 cm³/mol. The number of carbonyl (C=O) groups is 2. The molecule has 32 heavy (non-hydrogen) atoms. The molecule has 1 saturated heterocycles. The first kappa shape index (κ1) is 20.1. The van der Waals surface area contributed by atoms with Crippen LogP contribution in [0, 0.1) is 13.8 Å². The smallest absolute Gasteiger partial charge is 0.333 e. The third-order valence-electron chi connectivity index (χ3n) is 6.55. The van der Waals surface area contributed by atoms with Crippen LogP contribution in [0.25, 0.3) is 0 Å². The lowest BCUT2D eigenvalue weighted by atomic mass is 9.73. The Balaban J connectivity index is 1.59. The van der Waals surface area contributed by atoms with E-state index < -0.39 is 17.1 Å². The first-order valence-electron chi connectivity index (χ1n) is 10.6. The number of para-hydroxylation sites is 1. The summed E-state index contributed by atoms with van der Waals surface area (Å²) in [4.78, 5) is 49.3. The summed E-state index contributed by atoms with van der Waals surface area (Å²) in [5, 5.41) is 3.00. The van der Waals surface area contributed by atoms with Crippen LogP contribution in [-0.4, -0.2) is 37.8 Å². The van der Waals surface area contributed by atoms with Crippen LogP contribution in [0.4, 0.5) is 5.69 Å². The van der Waals surface area contributed by atoms with Gasteiger partial charge in [-0.2, -0.15) is 4.98 Å². The van der Waals surface area contributed by atoms with Crippen molar-refractivity contribution in [3.8, 4) is 0 Å². The fourth-order valence-corrected chi connectivity index (χ4v) is 5.15. The predicted octanol–water partition coefficient (Wildman–Crippen LogP) is 2.12. The van der Waals surface area contributed by atoms with Gasteiger partial charge in [-0.15, -0.1) is 0 Å². The molecule has 1 fully saturated rings. The van der Waals surface area contributed by atoms with Gasteiger partial charge >= 0.3 is 5.69 Å². The molecule has 1 N–H and O–H groups in total. The van der Waals surface area contributed by atoms with Gasteiger partial charge in [0.2, 0.25) is 11.8 Å². The largest absolute Gasteiger partial charge is 0.348 e. The molecule has 0 aliphatic carbocycles. The molecule has 8 heteroatoms. The van der Waals surface area contributed by atoms with E-state index in [0.717, 1.165) is 16.8 Å². The number of amides is 2. The third-order valence-corrected chi connectivity index (χ3v) is 6.55. The molecule has 0 saturated carbocycles. The highest BCUT2D eigenvalue weighted by Crippen LogP contribution is 2.54. The average Bonchev–Trinajstić information content (AvgIpc) is 3.31. The van der Waals surface area contributed by atoms with Crippen molar-refractivity contribution in [1.29, 1.82) is 0 Å². The molecule has 2 aliphatic rings. The third kappa shape index (κ3) is 2.94. The van der Waals surface area contributed by atoms with Crippen molar-refractivity contribution in [3.63, 3.8) is 0 Å². The van der Waals surface area contributed by atoms with Gasteiger partial charge in [-0.1, -0.05) is 24.3 Å². The molecule has 5 rings (SSSR count). The number of nitrogens with one attached hydrogen (secondary N) is 1. The summed E-state index contributed by atoms with van der Waals surface area (Å²) in [5.74, 6) is -0.350. The van der Waals surface area contributed by atoms with Gasteiger partial charge in [0.15, 0.2) is 0 Å². The van der Waals surface area contributed by atoms with Gasteiger partial charge in [0.05, 0.1) is 6.04 Å². The highest BCUT2D eigenvalue weighted by molar-refractivity contribution is 6.07. The second-order valence-corrected chi connectivity index (χ2v) is 8.40. The lowest BCUT2D eigenvalue weighted by Crippen LogP contribution is -2.44. The number of aryl methyl sites for hydroxylation is 2. The van der Waals surface area contributed by atoms with Crippen LogP contribution in [0.1, 0.15) is 35.0 Å². The molecule has 1 spiro atoms. The number of hydrogen-bond acceptors (Lipinski definition) is 5. The first-order valence-corrected chi connectivity index (χ1v) is 10.6. The summed E-state index contributed by atoms with van der Waals surface area (Å²) in [6.45, 7) is 3.80. The molecule has 1 aromatic carbocycles. The number of aromatic nitrogens is 3. The maximum absolute atomic E-state index is 13.5. The number of fused-ring (bicyclic) bond motifs is 2. The minimum atomic E-state index is -0.902. The summed E-state index contributed by atoms with van der Waals surface area (Å²) in [7, 11) is 0. The van der Waals surface area contributed by atoms with Gasteiger partial charge in [-0.05, 0) is 49.6 Å². The van der Waals surface area contributed by atoms with Crippen molar-refractivity contribution < 1.29 is 9.59 Å². The fraction of sp³-hybridized carbons (Fsp3) is 0.292.